The molecule has 162 valence electrons. The van der Waals surface area contributed by atoms with Crippen LogP contribution in [-0.2, 0) is 10.2 Å². The van der Waals surface area contributed by atoms with Gasteiger partial charge in [-0.15, -0.1) is 0 Å². The van der Waals surface area contributed by atoms with Crippen molar-refractivity contribution < 1.29 is 14.5 Å². The number of carbonyl (C=O) groups is 2. The number of nitro benzene ring substituents is 1. The number of nitrogens with one attached hydrogen (secondary N) is 2. The van der Waals surface area contributed by atoms with Gasteiger partial charge in [-0.2, -0.15) is 0 Å². The van der Waals surface area contributed by atoms with Crippen LogP contribution in [0.1, 0.15) is 27.0 Å². The van der Waals surface area contributed by atoms with Gasteiger partial charge in [0.25, 0.3) is 5.69 Å². The van der Waals surface area contributed by atoms with Crippen molar-refractivity contribution in [3.8, 4) is 0 Å². The summed E-state index contributed by atoms with van der Waals surface area (Å²) in [5.41, 5.74) is 2.61. The summed E-state index contributed by atoms with van der Waals surface area (Å²) in [6, 6.07) is 23.1. The number of hydrogen-bond donors (Lipinski definition) is 2. The molecule has 7 rings (SSSR count). The minimum Gasteiger partial charge on any atom is -0.354 e. The maximum atomic E-state index is 14.0. The van der Waals surface area contributed by atoms with Crippen molar-refractivity contribution in [2.45, 2.75) is 5.41 Å². The maximum Gasteiger partial charge on any atom is 0.269 e. The second-order valence-corrected chi connectivity index (χ2v) is 8.65. The SMILES string of the molecule is O=C1C2=C(Nc3ccc4ccccc4c3C23C(=O)Nc2ccc([N+](=O)[O-])cc23)c2ccccc21. The van der Waals surface area contributed by atoms with Gasteiger partial charge in [-0.3, -0.25) is 19.7 Å². The van der Waals surface area contributed by atoms with Crippen molar-refractivity contribution in [3.63, 3.8) is 0 Å². The molecule has 0 saturated carbocycles. The Balaban J connectivity index is 1.68. The average Bonchev–Trinajstić information content (AvgIpc) is 3.30. The van der Waals surface area contributed by atoms with Crippen LogP contribution in [0.5, 0.6) is 0 Å². The Morgan fingerprint density at radius 2 is 1.53 bits per heavy atom. The number of hydrogen-bond acceptors (Lipinski definition) is 5. The molecule has 4 aromatic carbocycles. The van der Waals surface area contributed by atoms with Crippen molar-refractivity contribution in [1.29, 1.82) is 0 Å². The number of fused-ring (bicyclic) bond motifs is 9. The van der Waals surface area contributed by atoms with E-state index >= 15 is 0 Å². The summed E-state index contributed by atoms with van der Waals surface area (Å²) in [4.78, 5) is 39.1. The Hall–Kier alpha value is -4.78. The Morgan fingerprint density at radius 1 is 0.794 bits per heavy atom. The molecule has 2 heterocycles. The van der Waals surface area contributed by atoms with E-state index in [2.05, 4.69) is 10.6 Å². The van der Waals surface area contributed by atoms with E-state index in [4.69, 9.17) is 0 Å². The average molecular weight is 445 g/mol. The minimum absolute atomic E-state index is 0.139. The van der Waals surface area contributed by atoms with Crippen molar-refractivity contribution in [2.24, 2.45) is 0 Å². The lowest BCUT2D eigenvalue weighted by molar-refractivity contribution is -0.384. The number of benzene rings is 4. The number of Topliss-reactive ketones (excluding diaryl/α,β-unsaturated/α-hetero) is 1. The number of anilines is 2. The fourth-order valence-electron chi connectivity index (χ4n) is 5.71. The molecule has 1 spiro atoms. The van der Waals surface area contributed by atoms with Crippen molar-refractivity contribution in [3.05, 3.63) is 117 Å². The Labute approximate surface area is 192 Å². The second kappa shape index (κ2) is 6.17. The van der Waals surface area contributed by atoms with Crippen molar-refractivity contribution >= 4 is 45.2 Å². The summed E-state index contributed by atoms with van der Waals surface area (Å²) < 4.78 is 0. The monoisotopic (exact) mass is 445 g/mol. The molecule has 4 aromatic rings. The fourth-order valence-corrected chi connectivity index (χ4v) is 5.71. The highest BCUT2D eigenvalue weighted by molar-refractivity contribution is 6.32. The standard InChI is InChI=1S/C27H15N3O4/c31-25-18-8-4-3-7-17(18)24-23(25)27(19-13-15(30(33)34)10-12-20(19)29-26(27)32)22-16-6-2-1-5-14(16)9-11-21(22)28-24/h1-13,28H,(H,29,32). The first-order valence-corrected chi connectivity index (χ1v) is 10.8. The predicted octanol–water partition coefficient (Wildman–Crippen LogP) is 5.02. The summed E-state index contributed by atoms with van der Waals surface area (Å²) in [6.07, 6.45) is 0. The van der Waals surface area contributed by atoms with Crippen LogP contribution in [0.3, 0.4) is 0 Å². The summed E-state index contributed by atoms with van der Waals surface area (Å²) in [6.45, 7) is 0. The van der Waals surface area contributed by atoms with Gasteiger partial charge in [-0.05, 0) is 22.9 Å². The van der Waals surface area contributed by atoms with Gasteiger partial charge in [-0.1, -0.05) is 54.6 Å². The van der Waals surface area contributed by atoms with Gasteiger partial charge < -0.3 is 10.6 Å². The number of amides is 1. The largest absolute Gasteiger partial charge is 0.354 e. The summed E-state index contributed by atoms with van der Waals surface area (Å²) in [5.74, 6) is -0.651. The first-order chi connectivity index (χ1) is 16.5. The first kappa shape index (κ1) is 18.8. The highest BCUT2D eigenvalue weighted by atomic mass is 16.6. The molecule has 34 heavy (non-hydrogen) atoms. The van der Waals surface area contributed by atoms with Gasteiger partial charge in [0.1, 0.15) is 5.41 Å². The lowest BCUT2D eigenvalue weighted by Crippen LogP contribution is -2.43. The van der Waals surface area contributed by atoms with Crippen LogP contribution >= 0.6 is 0 Å². The van der Waals surface area contributed by atoms with Crippen LogP contribution in [-0.4, -0.2) is 16.6 Å². The molecule has 7 heteroatoms. The normalized spacial score (nSPS) is 19.4. The van der Waals surface area contributed by atoms with Crippen LogP contribution in [0, 0.1) is 10.1 Å². The van der Waals surface area contributed by atoms with Gasteiger partial charge >= 0.3 is 0 Å². The Morgan fingerprint density at radius 3 is 2.35 bits per heavy atom. The quantitative estimate of drug-likeness (QED) is 0.316. The molecule has 1 unspecified atom stereocenters. The molecule has 0 fully saturated rings. The number of rotatable bonds is 1. The van der Waals surface area contributed by atoms with Crippen molar-refractivity contribution in [2.75, 3.05) is 10.6 Å². The zero-order valence-electron chi connectivity index (χ0n) is 17.6. The fraction of sp³-hybridized carbons (Fsp3) is 0.0370. The van der Waals surface area contributed by atoms with Crippen LogP contribution in [0.2, 0.25) is 0 Å². The summed E-state index contributed by atoms with van der Waals surface area (Å²) >= 11 is 0. The molecule has 2 aliphatic heterocycles. The molecule has 1 amide bonds. The Kier molecular flexibility index (Phi) is 3.40. The van der Waals surface area contributed by atoms with Crippen LogP contribution in [0.15, 0.2) is 84.4 Å². The summed E-state index contributed by atoms with van der Waals surface area (Å²) in [5, 5.41) is 19.7. The van der Waals surface area contributed by atoms with Crippen molar-refractivity contribution in [1.82, 2.24) is 0 Å². The highest BCUT2D eigenvalue weighted by Crippen LogP contribution is 2.59. The minimum atomic E-state index is -1.53. The molecule has 0 radical (unpaired) electrons. The van der Waals surface area contributed by atoms with E-state index in [1.807, 2.05) is 48.5 Å². The third-order valence-electron chi connectivity index (χ3n) is 7.06. The van der Waals surface area contributed by atoms with Gasteiger partial charge in [0.2, 0.25) is 5.91 Å². The van der Waals surface area contributed by atoms with Gasteiger partial charge in [0, 0.05) is 51.3 Å². The molecule has 1 aliphatic carbocycles. The van der Waals surface area contributed by atoms with Crippen LogP contribution < -0.4 is 10.6 Å². The molecule has 0 saturated heterocycles. The van der Waals surface area contributed by atoms with Gasteiger partial charge in [-0.25, -0.2) is 0 Å². The smallest absolute Gasteiger partial charge is 0.269 e. The summed E-state index contributed by atoms with van der Waals surface area (Å²) in [7, 11) is 0. The zero-order chi connectivity index (χ0) is 23.2. The third kappa shape index (κ3) is 2.06. The number of non-ortho nitro benzene ring substituents is 1. The molecule has 0 aromatic heterocycles. The molecular formula is C27H15N3O4. The molecular weight excluding hydrogens is 430 g/mol. The van der Waals surface area contributed by atoms with Gasteiger partial charge in [0.15, 0.2) is 5.78 Å². The van der Waals surface area contributed by atoms with E-state index in [0.29, 0.717) is 44.9 Å². The topological polar surface area (TPSA) is 101 Å². The lowest BCUT2D eigenvalue weighted by atomic mass is 9.65. The van der Waals surface area contributed by atoms with E-state index < -0.39 is 16.2 Å². The van der Waals surface area contributed by atoms with Gasteiger partial charge in [0.05, 0.1) is 10.6 Å². The number of carbonyl (C=O) groups excluding carboxylic acids is 2. The van der Waals surface area contributed by atoms with Crippen LogP contribution in [0.25, 0.3) is 16.5 Å². The third-order valence-corrected chi connectivity index (χ3v) is 7.06. The van der Waals surface area contributed by atoms with Crippen LogP contribution in [0.4, 0.5) is 17.1 Å². The van der Waals surface area contributed by atoms with E-state index in [-0.39, 0.29) is 11.5 Å². The molecule has 1 atom stereocenters. The zero-order valence-corrected chi connectivity index (χ0v) is 17.6. The molecule has 3 aliphatic rings. The maximum absolute atomic E-state index is 14.0. The molecule has 7 nitrogen and oxygen atoms in total. The predicted molar refractivity (Wildman–Crippen MR) is 128 cm³/mol. The number of nitro groups is 1. The first-order valence-electron chi connectivity index (χ1n) is 10.8. The van der Waals surface area contributed by atoms with E-state index in [0.717, 1.165) is 10.8 Å². The van der Waals surface area contributed by atoms with E-state index in [1.165, 1.54) is 12.1 Å². The lowest BCUT2D eigenvalue weighted by Gasteiger charge is -2.37. The molecule has 2 N–H and O–H groups in total. The number of nitrogens with zero attached hydrogens (tertiary/aromatic N) is 1. The second-order valence-electron chi connectivity index (χ2n) is 8.65. The number of ketones is 1. The molecule has 0 bridgehead atoms. The van der Waals surface area contributed by atoms with E-state index in [9.17, 15) is 19.7 Å². The van der Waals surface area contributed by atoms with E-state index in [1.54, 1.807) is 18.2 Å². The Bertz CT molecular complexity index is 1690. The highest BCUT2D eigenvalue weighted by Gasteiger charge is 2.59.